The number of aromatic hydroxyl groups is 1. The molecule has 127 heavy (non-hydrogen) atoms. The van der Waals surface area contributed by atoms with Gasteiger partial charge in [0.25, 0.3) is 0 Å². The molecular weight excluding hydrogens is 1570 g/mol. The lowest BCUT2D eigenvalue weighted by Crippen LogP contribution is -2.48. The van der Waals surface area contributed by atoms with Gasteiger partial charge in [0.1, 0.15) is 34.2 Å². The van der Waals surface area contributed by atoms with E-state index < -0.39 is 39.5 Å². The van der Waals surface area contributed by atoms with Crippen molar-refractivity contribution >= 4 is 66.0 Å². The molecule has 7 aliphatic heterocycles. The predicted octanol–water partition coefficient (Wildman–Crippen LogP) is 21.6. The Bertz CT molecular complexity index is 6420. The Hall–Kier alpha value is -14.1. The zero-order chi connectivity index (χ0) is 86.0. The zero-order valence-corrected chi connectivity index (χ0v) is 71.4. The van der Waals surface area contributed by atoms with E-state index in [0.717, 1.165) is 101 Å². The molecule has 1 N–H and O–H groups in total. The first-order chi connectivity index (χ1) is 62.2. The summed E-state index contributed by atoms with van der Waals surface area (Å²) in [6.07, 6.45) is 20.9. The van der Waals surface area contributed by atoms with E-state index in [1.807, 2.05) is 101 Å². The SMILES string of the molecule is C1=Cc2ccccc2C2(CN=C(c3ccccc3)O2)c2ccccc21.CC12CCC(=O)N1CC1(O2)c2ccccc2CCc2ccccc21.CC12CCCC(=O)N1CC1(O2)c2ccccc2CCc2ccccc21.COc1ccc(C2=NCC3(O2)c2ccccc2C=Cc2ccccc23)cc1.Oc1ccc(C2=NCC3(O2)c2ccccc2C=Cc2ccccc23)cc1. The molecule has 12 aliphatic rings. The Morgan fingerprint density at radius 1 is 0.299 bits per heavy atom. The van der Waals surface area contributed by atoms with Gasteiger partial charge in [-0.05, 0) is 191 Å². The first kappa shape index (κ1) is 80.1. The van der Waals surface area contributed by atoms with Crippen molar-refractivity contribution in [1.29, 1.82) is 0 Å². The first-order valence-corrected chi connectivity index (χ1v) is 44.3. The quantitative estimate of drug-likeness (QED) is 0.181. The number of carbonyl (C=O) groups is 2. The van der Waals surface area contributed by atoms with Crippen LogP contribution in [0.15, 0.2) is 336 Å². The maximum absolute atomic E-state index is 12.7. The minimum Gasteiger partial charge on any atom is -0.508 e. The number of amides is 2. The number of rotatable bonds is 4. The second kappa shape index (κ2) is 32.5. The van der Waals surface area contributed by atoms with Crippen LogP contribution >= 0.6 is 0 Å². The number of nitrogens with zero attached hydrogens (tertiary/aromatic N) is 5. The number of aryl methyl sites for hydroxylation is 4. The minimum atomic E-state index is -0.635. The molecule has 25 rings (SSSR count). The molecule has 628 valence electrons. The summed E-state index contributed by atoms with van der Waals surface area (Å²) in [6.45, 7) is 7.08. The summed E-state index contributed by atoms with van der Waals surface area (Å²) in [5, 5.41) is 9.55. The van der Waals surface area contributed by atoms with Crippen LogP contribution in [0, 0.1) is 0 Å². The van der Waals surface area contributed by atoms with Crippen molar-refractivity contribution in [3.63, 3.8) is 0 Å². The minimum absolute atomic E-state index is 0.216. The van der Waals surface area contributed by atoms with Crippen LogP contribution in [0.25, 0.3) is 36.5 Å². The van der Waals surface area contributed by atoms with E-state index in [-0.39, 0.29) is 17.6 Å². The number of phenols is 1. The molecule has 14 nitrogen and oxygen atoms in total. The van der Waals surface area contributed by atoms with Gasteiger partial charge in [-0.3, -0.25) is 9.59 Å². The lowest BCUT2D eigenvalue weighted by molar-refractivity contribution is -0.163. The van der Waals surface area contributed by atoms with Crippen molar-refractivity contribution < 1.29 is 43.1 Å². The van der Waals surface area contributed by atoms with Crippen LogP contribution in [-0.4, -0.2) is 95.7 Å². The van der Waals surface area contributed by atoms with Crippen molar-refractivity contribution in [2.45, 2.75) is 111 Å². The van der Waals surface area contributed by atoms with Crippen LogP contribution in [0.1, 0.15) is 174 Å². The van der Waals surface area contributed by atoms with Gasteiger partial charge in [0, 0.05) is 69.3 Å². The van der Waals surface area contributed by atoms with Crippen LogP contribution < -0.4 is 4.74 Å². The summed E-state index contributed by atoms with van der Waals surface area (Å²) in [5.74, 6) is 3.49. The maximum Gasteiger partial charge on any atom is 0.225 e. The number of benzene rings is 13. The molecule has 5 aliphatic carbocycles. The van der Waals surface area contributed by atoms with E-state index >= 15 is 0 Å². The molecule has 13 aromatic rings. The first-order valence-electron chi connectivity index (χ1n) is 44.3. The van der Waals surface area contributed by atoms with Gasteiger partial charge in [-0.15, -0.1) is 0 Å². The molecule has 2 atom stereocenters. The number of piperidine rings is 1. The van der Waals surface area contributed by atoms with Crippen LogP contribution in [0.3, 0.4) is 0 Å². The number of carbonyl (C=O) groups excluding carboxylic acids is 2. The third-order valence-corrected chi connectivity index (χ3v) is 27.6. The van der Waals surface area contributed by atoms with E-state index in [9.17, 15) is 14.7 Å². The molecule has 13 aromatic carbocycles. The highest BCUT2D eigenvalue weighted by Crippen LogP contribution is 2.56. The summed E-state index contributed by atoms with van der Waals surface area (Å²) >= 11 is 0. The van der Waals surface area contributed by atoms with Crippen LogP contribution in [-0.2, 0) is 87.0 Å². The third kappa shape index (κ3) is 14.0. The Balaban J connectivity index is 0.0000000967. The fourth-order valence-corrected chi connectivity index (χ4v) is 21.4. The van der Waals surface area contributed by atoms with E-state index in [1.54, 1.807) is 19.2 Å². The number of ether oxygens (including phenoxy) is 6. The molecular formula is C113H97N5O9. The monoisotopic (exact) mass is 1670 g/mol. The lowest BCUT2D eigenvalue weighted by atomic mass is 9.83. The predicted molar refractivity (Wildman–Crippen MR) is 500 cm³/mol. The number of methoxy groups -OCH3 is 1. The number of phenolic OH excluding ortho intramolecular Hbond substituents is 1. The Kier molecular flexibility index (Phi) is 20.5. The summed E-state index contributed by atoms with van der Waals surface area (Å²) < 4.78 is 38.8. The molecule has 2 unspecified atom stereocenters. The largest absolute Gasteiger partial charge is 0.508 e. The third-order valence-electron chi connectivity index (χ3n) is 27.6. The van der Waals surface area contributed by atoms with Crippen LogP contribution in [0.5, 0.6) is 11.5 Å². The van der Waals surface area contributed by atoms with Crippen LogP contribution in [0.4, 0.5) is 0 Å². The second-order valence-electron chi connectivity index (χ2n) is 35.0. The molecule has 4 fully saturated rings. The van der Waals surface area contributed by atoms with E-state index in [4.69, 9.17) is 43.4 Å². The summed E-state index contributed by atoms with van der Waals surface area (Å²) in [5.41, 5.74) is 23.2. The Morgan fingerprint density at radius 3 is 0.898 bits per heavy atom. The average molecular weight is 1670 g/mol. The molecule has 5 spiro atoms. The van der Waals surface area contributed by atoms with E-state index in [1.165, 1.54) is 77.9 Å². The van der Waals surface area contributed by atoms with Gasteiger partial charge in [-0.2, -0.15) is 0 Å². The van der Waals surface area contributed by atoms with Crippen LogP contribution in [0.2, 0.25) is 0 Å². The molecule has 0 aromatic heterocycles. The van der Waals surface area contributed by atoms with Crippen molar-refractivity contribution in [1.82, 2.24) is 9.80 Å². The standard InChI is InChI=1S/C24H19NO2.C23H17NO2.C23H17NO.C22H23NO2.C21H21NO2/c1-26-20-14-12-19(13-15-20)23-25-16-24(27-23)21-8-4-2-6-17(21)10-11-18-7-3-5-9-22(18)24;25-19-13-11-18(12-14-19)22-24-15-23(26-22)20-7-3-1-5-16(20)9-10-17-6-2-4-8-21(17)23;1-2-10-19(11-3-1)22-24-16-23(25-22)20-12-6-4-8-17(20)14-15-18-9-5-7-13-21(18)23;1-21-14-6-11-20(24)23(21)15-22(25-21)18-9-4-2-7-16(18)12-13-17-8-3-5-10-19(17)22;1-20-13-12-19(23)22(20)14-21(24-20)17-8-4-2-6-15(17)10-11-16-7-3-5-9-18(16)21/h2-15H,16H2,1H3;1-14,25H,15H2;1-15H,16H2;2-5,7-10H,6,11-15H2,1H3;2-9H,10-14H2,1H3. The lowest BCUT2D eigenvalue weighted by Gasteiger charge is -2.38. The Labute approximate surface area is 741 Å². The summed E-state index contributed by atoms with van der Waals surface area (Å²) in [7, 11) is 1.67. The number of hydrogen-bond acceptors (Lipinski definition) is 12. The highest BCUT2D eigenvalue weighted by molar-refractivity contribution is 5.99. The number of fused-ring (bicyclic) bond motifs is 22. The maximum atomic E-state index is 12.7. The highest BCUT2D eigenvalue weighted by Gasteiger charge is 2.61. The van der Waals surface area contributed by atoms with Gasteiger partial charge >= 0.3 is 0 Å². The van der Waals surface area contributed by atoms with Crippen molar-refractivity contribution in [2.24, 2.45) is 15.0 Å². The van der Waals surface area contributed by atoms with Gasteiger partial charge in [0.05, 0.1) is 39.8 Å². The molecule has 2 amide bonds. The topological polar surface area (TPSA) is 153 Å². The second-order valence-corrected chi connectivity index (χ2v) is 35.0. The molecule has 0 saturated carbocycles. The smallest absolute Gasteiger partial charge is 0.225 e. The van der Waals surface area contributed by atoms with Gasteiger partial charge < -0.3 is 43.3 Å². The van der Waals surface area contributed by atoms with Gasteiger partial charge in [0.15, 0.2) is 16.8 Å². The summed E-state index contributed by atoms with van der Waals surface area (Å²) in [4.78, 5) is 43.4. The van der Waals surface area contributed by atoms with Gasteiger partial charge in [-0.25, -0.2) is 15.0 Å². The average Bonchev–Trinajstić information content (AvgIpc) is 1.55. The van der Waals surface area contributed by atoms with Gasteiger partial charge in [0.2, 0.25) is 29.5 Å². The molecule has 14 heteroatoms. The summed E-state index contributed by atoms with van der Waals surface area (Å²) in [6, 6.07) is 110. The fraction of sp³-hybridized carbons (Fsp3) is 0.212. The zero-order valence-electron chi connectivity index (χ0n) is 71.4. The molecule has 7 heterocycles. The molecule has 0 bridgehead atoms. The van der Waals surface area contributed by atoms with Crippen molar-refractivity contribution in [3.8, 4) is 11.5 Å². The van der Waals surface area contributed by atoms with Crippen molar-refractivity contribution in [3.05, 3.63) is 449 Å². The van der Waals surface area contributed by atoms with E-state index in [0.29, 0.717) is 63.3 Å². The van der Waals surface area contributed by atoms with Gasteiger partial charge in [-0.1, -0.05) is 297 Å². The molecule has 4 saturated heterocycles. The molecule has 0 radical (unpaired) electrons. The van der Waals surface area contributed by atoms with E-state index in [2.05, 4.69) is 269 Å². The van der Waals surface area contributed by atoms with Crippen molar-refractivity contribution in [2.75, 3.05) is 39.8 Å². The normalized spacial score (nSPS) is 20.4. The number of hydrogen-bond donors (Lipinski definition) is 1. The number of aliphatic imine (C=N–C) groups is 3. The Morgan fingerprint density at radius 2 is 0.575 bits per heavy atom. The highest BCUT2D eigenvalue weighted by atomic mass is 16.6. The fourth-order valence-electron chi connectivity index (χ4n) is 21.4.